The van der Waals surface area contributed by atoms with Crippen LogP contribution in [0.25, 0.3) is 11.0 Å². The third-order valence-corrected chi connectivity index (χ3v) is 4.49. The number of aliphatic carboxylic acids is 1. The van der Waals surface area contributed by atoms with Crippen LogP contribution in [0.4, 0.5) is 0 Å². The molecule has 1 aromatic heterocycles. The van der Waals surface area contributed by atoms with Crippen LogP contribution in [-0.2, 0) is 22.4 Å². The molecule has 0 radical (unpaired) electrons. The first-order valence-corrected chi connectivity index (χ1v) is 8.70. The van der Waals surface area contributed by atoms with E-state index < -0.39 is 12.1 Å². The van der Waals surface area contributed by atoms with Crippen LogP contribution in [0.3, 0.4) is 0 Å². The first-order chi connectivity index (χ1) is 12.5. The maximum absolute atomic E-state index is 12.0. The molecule has 0 saturated carbocycles. The van der Waals surface area contributed by atoms with Crippen molar-refractivity contribution >= 4 is 22.8 Å². The van der Waals surface area contributed by atoms with E-state index in [4.69, 9.17) is 14.3 Å². The summed E-state index contributed by atoms with van der Waals surface area (Å²) in [5.41, 5.74) is 1.97. The van der Waals surface area contributed by atoms with Crippen molar-refractivity contribution in [1.82, 2.24) is 5.32 Å². The number of hydrogen-bond acceptors (Lipinski definition) is 5. The lowest BCUT2D eigenvalue weighted by Crippen LogP contribution is -2.36. The smallest absolute Gasteiger partial charge is 0.339 e. The quantitative estimate of drug-likeness (QED) is 0.579. The van der Waals surface area contributed by atoms with Crippen LogP contribution in [0.5, 0.6) is 5.75 Å². The van der Waals surface area contributed by atoms with Gasteiger partial charge in [0, 0.05) is 30.0 Å². The fraction of sp³-hybridized carbons (Fsp3) is 0.421. The summed E-state index contributed by atoms with van der Waals surface area (Å²) in [5.74, 6) is -0.787. The molecule has 2 N–H and O–H groups in total. The molecule has 138 valence electrons. The summed E-state index contributed by atoms with van der Waals surface area (Å²) >= 11 is 0. The summed E-state index contributed by atoms with van der Waals surface area (Å²) in [6, 6.07) is 5.24. The second-order valence-corrected chi connectivity index (χ2v) is 6.41. The van der Waals surface area contributed by atoms with Gasteiger partial charge in [0.15, 0.2) is 6.10 Å². The number of carbonyl (C=O) groups excluding carboxylic acids is 1. The minimum absolute atomic E-state index is 0.00352. The van der Waals surface area contributed by atoms with E-state index in [1.165, 1.54) is 0 Å². The molecule has 0 spiro atoms. The standard InChI is InChI=1S/C19H21NO6/c1-11(18(23)20-9-3-6-17(21)22)25-12-7-8-14-13-4-2-5-15(13)19(24)26-16(14)10-12/h7-8,10-11H,2-6,9H2,1H3,(H,20,23)(H,21,22)/t11-/m1/s1. The van der Waals surface area contributed by atoms with Crippen molar-refractivity contribution in [3.63, 3.8) is 0 Å². The van der Waals surface area contributed by atoms with E-state index in [1.54, 1.807) is 19.1 Å². The van der Waals surface area contributed by atoms with Gasteiger partial charge in [0.05, 0.1) is 0 Å². The van der Waals surface area contributed by atoms with Crippen molar-refractivity contribution in [2.24, 2.45) is 0 Å². The Balaban J connectivity index is 1.67. The topological polar surface area (TPSA) is 106 Å². The van der Waals surface area contributed by atoms with Crippen LogP contribution in [0, 0.1) is 0 Å². The molecule has 1 aliphatic rings. The Labute approximate surface area is 150 Å². The number of aryl methyl sites for hydroxylation is 1. The van der Waals surface area contributed by atoms with Gasteiger partial charge in [-0.1, -0.05) is 0 Å². The fourth-order valence-corrected chi connectivity index (χ4v) is 3.19. The summed E-state index contributed by atoms with van der Waals surface area (Å²) in [4.78, 5) is 34.5. The van der Waals surface area contributed by atoms with Crippen molar-refractivity contribution in [2.75, 3.05) is 6.54 Å². The monoisotopic (exact) mass is 359 g/mol. The van der Waals surface area contributed by atoms with Gasteiger partial charge in [0.1, 0.15) is 11.3 Å². The molecule has 1 atom stereocenters. The highest BCUT2D eigenvalue weighted by atomic mass is 16.5. The van der Waals surface area contributed by atoms with E-state index in [0.29, 0.717) is 17.8 Å². The summed E-state index contributed by atoms with van der Waals surface area (Å²) in [6.45, 7) is 1.88. The molecule has 0 bridgehead atoms. The van der Waals surface area contributed by atoms with Crippen LogP contribution >= 0.6 is 0 Å². The van der Waals surface area contributed by atoms with Crippen molar-refractivity contribution in [1.29, 1.82) is 0 Å². The van der Waals surface area contributed by atoms with Crippen LogP contribution in [0.15, 0.2) is 27.4 Å². The molecule has 3 rings (SSSR count). The van der Waals surface area contributed by atoms with Crippen molar-refractivity contribution in [3.05, 3.63) is 39.7 Å². The number of amides is 1. The molecule has 0 fully saturated rings. The summed E-state index contributed by atoms with van der Waals surface area (Å²) < 4.78 is 11.0. The highest BCUT2D eigenvalue weighted by Crippen LogP contribution is 2.29. The maximum atomic E-state index is 12.0. The van der Waals surface area contributed by atoms with Gasteiger partial charge < -0.3 is 19.6 Å². The zero-order valence-electron chi connectivity index (χ0n) is 14.5. The molecular weight excluding hydrogens is 338 g/mol. The summed E-state index contributed by atoms with van der Waals surface area (Å²) in [5, 5.41) is 12.1. The zero-order chi connectivity index (χ0) is 18.7. The molecular formula is C19H21NO6. The molecule has 0 unspecified atom stereocenters. The van der Waals surface area contributed by atoms with E-state index in [-0.39, 0.29) is 24.5 Å². The van der Waals surface area contributed by atoms with Gasteiger partial charge in [0.25, 0.3) is 5.91 Å². The number of carbonyl (C=O) groups is 2. The number of rotatable bonds is 7. The molecule has 1 aliphatic carbocycles. The maximum Gasteiger partial charge on any atom is 0.339 e. The molecule has 26 heavy (non-hydrogen) atoms. The molecule has 2 aromatic rings. The SMILES string of the molecule is C[C@@H](Oc1ccc2c3c(c(=O)oc2c1)CCC3)C(=O)NCCCC(=O)O. The lowest BCUT2D eigenvalue weighted by atomic mass is 10.1. The van der Waals surface area contributed by atoms with E-state index in [9.17, 15) is 14.4 Å². The second kappa shape index (κ2) is 7.59. The highest BCUT2D eigenvalue weighted by molar-refractivity contribution is 5.84. The van der Waals surface area contributed by atoms with Gasteiger partial charge in [-0.3, -0.25) is 9.59 Å². The van der Waals surface area contributed by atoms with Crippen LogP contribution in [-0.4, -0.2) is 29.6 Å². The molecule has 1 aromatic carbocycles. The Hall–Kier alpha value is -2.83. The Morgan fingerprint density at radius 1 is 1.31 bits per heavy atom. The first-order valence-electron chi connectivity index (χ1n) is 8.70. The predicted octanol–water partition coefficient (Wildman–Crippen LogP) is 2.03. The average molecular weight is 359 g/mol. The Kier molecular flexibility index (Phi) is 5.25. The Bertz CT molecular complexity index is 901. The van der Waals surface area contributed by atoms with Gasteiger partial charge in [-0.2, -0.15) is 0 Å². The van der Waals surface area contributed by atoms with E-state index in [2.05, 4.69) is 5.32 Å². The number of carboxylic acid groups (broad SMARTS) is 1. The van der Waals surface area contributed by atoms with Crippen molar-refractivity contribution in [2.45, 2.75) is 45.1 Å². The third-order valence-electron chi connectivity index (χ3n) is 4.49. The number of benzene rings is 1. The van der Waals surface area contributed by atoms with Gasteiger partial charge in [0.2, 0.25) is 0 Å². The minimum atomic E-state index is -0.896. The Morgan fingerprint density at radius 2 is 2.08 bits per heavy atom. The van der Waals surface area contributed by atoms with Crippen LogP contribution in [0.1, 0.15) is 37.3 Å². The first kappa shape index (κ1) is 18.0. The second-order valence-electron chi connectivity index (χ2n) is 6.41. The number of nitrogens with one attached hydrogen (secondary N) is 1. The highest BCUT2D eigenvalue weighted by Gasteiger charge is 2.20. The lowest BCUT2D eigenvalue weighted by molar-refractivity contribution is -0.137. The van der Waals surface area contributed by atoms with Crippen LogP contribution < -0.4 is 15.7 Å². The number of hydrogen-bond donors (Lipinski definition) is 2. The van der Waals surface area contributed by atoms with E-state index >= 15 is 0 Å². The van der Waals surface area contributed by atoms with Gasteiger partial charge in [-0.25, -0.2) is 4.79 Å². The summed E-state index contributed by atoms with van der Waals surface area (Å²) in [7, 11) is 0. The largest absolute Gasteiger partial charge is 0.481 e. The molecule has 1 heterocycles. The third kappa shape index (κ3) is 3.87. The van der Waals surface area contributed by atoms with E-state index in [0.717, 1.165) is 35.8 Å². The number of carboxylic acids is 1. The molecule has 7 nitrogen and oxygen atoms in total. The predicted molar refractivity (Wildman–Crippen MR) is 94.5 cm³/mol. The zero-order valence-corrected chi connectivity index (χ0v) is 14.5. The van der Waals surface area contributed by atoms with Gasteiger partial charge in [-0.05, 0) is 50.3 Å². The normalized spacial score (nSPS) is 14.0. The molecule has 0 aliphatic heterocycles. The Morgan fingerprint density at radius 3 is 2.85 bits per heavy atom. The van der Waals surface area contributed by atoms with Crippen molar-refractivity contribution in [3.8, 4) is 5.75 Å². The number of fused-ring (bicyclic) bond motifs is 3. The van der Waals surface area contributed by atoms with Gasteiger partial charge in [-0.15, -0.1) is 0 Å². The van der Waals surface area contributed by atoms with Gasteiger partial charge >= 0.3 is 11.6 Å². The summed E-state index contributed by atoms with van der Waals surface area (Å²) in [6.07, 6.45) is 2.19. The van der Waals surface area contributed by atoms with Crippen molar-refractivity contribution < 1.29 is 23.8 Å². The molecule has 1 amide bonds. The molecule has 0 saturated heterocycles. The van der Waals surface area contributed by atoms with Crippen LogP contribution in [0.2, 0.25) is 0 Å². The average Bonchev–Trinajstić information content (AvgIpc) is 3.08. The fourth-order valence-electron chi connectivity index (χ4n) is 3.19. The van der Waals surface area contributed by atoms with E-state index in [1.807, 2.05) is 6.07 Å². The minimum Gasteiger partial charge on any atom is -0.481 e. The number of ether oxygens (including phenoxy) is 1. The lowest BCUT2D eigenvalue weighted by Gasteiger charge is -2.15. The molecule has 7 heteroatoms.